The molecule has 1 atom stereocenters. The van der Waals surface area contributed by atoms with Gasteiger partial charge >= 0.3 is 0 Å². The van der Waals surface area contributed by atoms with Crippen LogP contribution in [0, 0.1) is 0 Å². The highest BCUT2D eigenvalue weighted by molar-refractivity contribution is 6.30. The third-order valence-electron chi connectivity index (χ3n) is 2.76. The zero-order valence-electron chi connectivity index (χ0n) is 13.0. The van der Waals surface area contributed by atoms with Crippen molar-refractivity contribution in [1.29, 1.82) is 0 Å². The van der Waals surface area contributed by atoms with E-state index < -0.39 is 5.38 Å². The molecule has 0 aliphatic rings. The minimum atomic E-state index is -0.619. The topological polar surface area (TPSA) is 75.4 Å². The summed E-state index contributed by atoms with van der Waals surface area (Å²) < 4.78 is 5.27. The van der Waals surface area contributed by atoms with Crippen molar-refractivity contribution in [1.82, 2.24) is 15.2 Å². The van der Waals surface area contributed by atoms with E-state index in [4.69, 9.17) is 16.0 Å². The molecule has 7 heteroatoms. The van der Waals surface area contributed by atoms with Crippen LogP contribution in [0.4, 0.5) is 0 Å². The number of hydrogen-bond acceptors (Lipinski definition) is 4. The highest BCUT2D eigenvalue weighted by Crippen LogP contribution is 2.12. The van der Waals surface area contributed by atoms with Gasteiger partial charge < -0.3 is 14.6 Å². The lowest BCUT2D eigenvalue weighted by Crippen LogP contribution is -2.40. The fourth-order valence-corrected chi connectivity index (χ4v) is 1.84. The second-order valence-corrected chi connectivity index (χ2v) is 6.09. The minimum absolute atomic E-state index is 0.0171. The number of oxazole rings is 1. The van der Waals surface area contributed by atoms with Gasteiger partial charge in [0.05, 0.1) is 6.54 Å². The smallest absolute Gasteiger partial charge is 0.273 e. The third kappa shape index (κ3) is 5.04. The lowest BCUT2D eigenvalue weighted by atomic mass is 10.2. The molecule has 0 aliphatic heterocycles. The molecule has 21 heavy (non-hydrogen) atoms. The standard InChI is InChI=1S/C14H22ClN3O3/c1-8(2)16-13(19)11-7-21-12(17-11)6-18(9(3)4)14(20)10(5)15/h7-10H,6H2,1-5H3,(H,16,19)/t10-/m0/s1. The Kier molecular flexibility index (Phi) is 6.20. The van der Waals surface area contributed by atoms with Gasteiger partial charge in [0.1, 0.15) is 11.6 Å². The molecule has 0 saturated carbocycles. The molecule has 0 bridgehead atoms. The van der Waals surface area contributed by atoms with Crippen LogP contribution in [0.5, 0.6) is 0 Å². The van der Waals surface area contributed by atoms with E-state index in [0.717, 1.165) is 0 Å². The Balaban J connectivity index is 2.80. The number of carbonyl (C=O) groups is 2. The van der Waals surface area contributed by atoms with Gasteiger partial charge in [-0.3, -0.25) is 9.59 Å². The van der Waals surface area contributed by atoms with Crippen LogP contribution in [-0.4, -0.2) is 39.2 Å². The van der Waals surface area contributed by atoms with Gasteiger partial charge in [0.25, 0.3) is 5.91 Å². The molecule has 1 rings (SSSR count). The van der Waals surface area contributed by atoms with E-state index >= 15 is 0 Å². The van der Waals surface area contributed by atoms with Gasteiger partial charge in [-0.15, -0.1) is 11.6 Å². The molecule has 0 spiro atoms. The lowest BCUT2D eigenvalue weighted by Gasteiger charge is -2.26. The van der Waals surface area contributed by atoms with E-state index in [-0.39, 0.29) is 36.1 Å². The SMILES string of the molecule is CC(C)NC(=O)c1coc(CN(C(=O)[C@H](C)Cl)C(C)C)n1. The number of nitrogens with zero attached hydrogens (tertiary/aromatic N) is 2. The molecular weight excluding hydrogens is 294 g/mol. The zero-order valence-corrected chi connectivity index (χ0v) is 13.8. The second-order valence-electron chi connectivity index (χ2n) is 5.43. The maximum Gasteiger partial charge on any atom is 0.273 e. The molecule has 1 aromatic heterocycles. The number of aromatic nitrogens is 1. The summed E-state index contributed by atoms with van der Waals surface area (Å²) in [5, 5.41) is 2.11. The summed E-state index contributed by atoms with van der Waals surface area (Å²) in [7, 11) is 0. The Morgan fingerprint density at radius 1 is 1.33 bits per heavy atom. The van der Waals surface area contributed by atoms with E-state index in [2.05, 4.69) is 10.3 Å². The first-order chi connectivity index (χ1) is 9.72. The van der Waals surface area contributed by atoms with Crippen molar-refractivity contribution in [3.05, 3.63) is 17.8 Å². The highest BCUT2D eigenvalue weighted by Gasteiger charge is 2.24. The van der Waals surface area contributed by atoms with E-state index in [0.29, 0.717) is 5.89 Å². The Hall–Kier alpha value is -1.56. The van der Waals surface area contributed by atoms with Crippen molar-refractivity contribution in [2.24, 2.45) is 0 Å². The normalized spacial score (nSPS) is 12.6. The summed E-state index contributed by atoms with van der Waals surface area (Å²) in [6.45, 7) is 9.29. The van der Waals surface area contributed by atoms with E-state index in [1.807, 2.05) is 27.7 Å². The van der Waals surface area contributed by atoms with Crippen LogP contribution in [0.3, 0.4) is 0 Å². The molecule has 6 nitrogen and oxygen atoms in total. The molecule has 1 aromatic rings. The number of rotatable bonds is 6. The molecule has 0 radical (unpaired) electrons. The van der Waals surface area contributed by atoms with Crippen molar-refractivity contribution >= 4 is 23.4 Å². The summed E-state index contributed by atoms with van der Waals surface area (Å²) in [6, 6.07) is -0.0259. The van der Waals surface area contributed by atoms with Gasteiger partial charge in [-0.25, -0.2) is 4.98 Å². The summed E-state index contributed by atoms with van der Waals surface area (Å²) in [4.78, 5) is 29.5. The highest BCUT2D eigenvalue weighted by atomic mass is 35.5. The van der Waals surface area contributed by atoms with Gasteiger partial charge in [-0.1, -0.05) is 0 Å². The van der Waals surface area contributed by atoms with Crippen molar-refractivity contribution in [3.63, 3.8) is 0 Å². The Bertz CT molecular complexity index is 497. The summed E-state index contributed by atoms with van der Waals surface area (Å²) in [5.41, 5.74) is 0.203. The van der Waals surface area contributed by atoms with E-state index in [9.17, 15) is 9.59 Å². The van der Waals surface area contributed by atoms with Crippen molar-refractivity contribution in [2.45, 2.75) is 58.6 Å². The number of alkyl halides is 1. The third-order valence-corrected chi connectivity index (χ3v) is 2.94. The van der Waals surface area contributed by atoms with Gasteiger partial charge in [0.15, 0.2) is 5.69 Å². The van der Waals surface area contributed by atoms with Crippen molar-refractivity contribution in [2.75, 3.05) is 0 Å². The van der Waals surface area contributed by atoms with Crippen LogP contribution in [0.25, 0.3) is 0 Å². The molecule has 0 unspecified atom stereocenters. The quantitative estimate of drug-likeness (QED) is 0.816. The molecule has 0 fully saturated rings. The number of hydrogen-bond donors (Lipinski definition) is 1. The Morgan fingerprint density at radius 3 is 2.43 bits per heavy atom. The predicted octanol–water partition coefficient (Wildman–Crippen LogP) is 2.18. The summed E-state index contributed by atoms with van der Waals surface area (Å²) in [5.74, 6) is -0.186. The first-order valence-corrected chi connectivity index (χ1v) is 7.35. The maximum absolute atomic E-state index is 12.0. The molecule has 1 heterocycles. The zero-order chi connectivity index (χ0) is 16.2. The molecule has 0 saturated heterocycles. The largest absolute Gasteiger partial charge is 0.446 e. The molecule has 2 amide bonds. The fourth-order valence-electron chi connectivity index (χ4n) is 1.71. The van der Waals surface area contributed by atoms with Crippen molar-refractivity contribution in [3.8, 4) is 0 Å². The Morgan fingerprint density at radius 2 is 1.95 bits per heavy atom. The van der Waals surface area contributed by atoms with E-state index in [1.165, 1.54) is 6.26 Å². The number of halogens is 1. The van der Waals surface area contributed by atoms with Crippen LogP contribution >= 0.6 is 11.6 Å². The minimum Gasteiger partial charge on any atom is -0.446 e. The van der Waals surface area contributed by atoms with Gasteiger partial charge in [-0.2, -0.15) is 0 Å². The monoisotopic (exact) mass is 315 g/mol. The van der Waals surface area contributed by atoms with Crippen LogP contribution in [0.1, 0.15) is 51.0 Å². The van der Waals surface area contributed by atoms with Crippen LogP contribution in [0.2, 0.25) is 0 Å². The molecule has 0 aliphatic carbocycles. The average molecular weight is 316 g/mol. The first-order valence-electron chi connectivity index (χ1n) is 6.92. The van der Waals surface area contributed by atoms with E-state index in [1.54, 1.807) is 11.8 Å². The van der Waals surface area contributed by atoms with Crippen molar-refractivity contribution < 1.29 is 14.0 Å². The van der Waals surface area contributed by atoms with Gasteiger partial charge in [0.2, 0.25) is 11.8 Å². The molecular formula is C14H22ClN3O3. The number of carbonyl (C=O) groups excluding carboxylic acids is 2. The summed E-state index contributed by atoms with van der Waals surface area (Å²) in [6.07, 6.45) is 1.29. The Labute approximate surface area is 129 Å². The first kappa shape index (κ1) is 17.5. The second kappa shape index (κ2) is 7.45. The lowest BCUT2D eigenvalue weighted by molar-refractivity contribution is -0.133. The summed E-state index contributed by atoms with van der Waals surface area (Å²) >= 11 is 5.84. The van der Waals surface area contributed by atoms with Crippen LogP contribution in [-0.2, 0) is 11.3 Å². The number of nitrogens with one attached hydrogen (secondary N) is 1. The maximum atomic E-state index is 12.0. The molecule has 1 N–H and O–H groups in total. The molecule has 118 valence electrons. The average Bonchev–Trinajstić information content (AvgIpc) is 2.82. The van der Waals surface area contributed by atoms with Crippen LogP contribution in [0.15, 0.2) is 10.7 Å². The van der Waals surface area contributed by atoms with Gasteiger partial charge in [0, 0.05) is 12.1 Å². The number of amides is 2. The predicted molar refractivity (Wildman–Crippen MR) is 80.1 cm³/mol. The molecule has 0 aromatic carbocycles. The van der Waals surface area contributed by atoms with Gasteiger partial charge in [-0.05, 0) is 34.6 Å². The van der Waals surface area contributed by atoms with Crippen LogP contribution < -0.4 is 5.32 Å². The fraction of sp³-hybridized carbons (Fsp3) is 0.643.